The molecule has 0 radical (unpaired) electrons. The van der Waals surface area contributed by atoms with Gasteiger partial charge in [0.15, 0.2) is 6.29 Å². The lowest BCUT2D eigenvalue weighted by molar-refractivity contribution is 0.0826. The standard InChI is InChI=1S/C18H15FN2O2/c1-21(2)18(23)17-14-8-5-12(9-15(14)20-16(17)10-22)11-3-6-13(19)7-4-11/h3-10,20H,1-2H3. The first-order valence-electron chi connectivity index (χ1n) is 7.09. The maximum atomic E-state index is 13.0. The van der Waals surface area contributed by atoms with Gasteiger partial charge in [-0.3, -0.25) is 9.59 Å². The molecule has 1 amide bonds. The minimum atomic E-state index is -0.295. The zero-order valence-electron chi connectivity index (χ0n) is 12.8. The molecule has 0 fully saturated rings. The van der Waals surface area contributed by atoms with Gasteiger partial charge < -0.3 is 9.88 Å². The number of nitrogens with zero attached hydrogens (tertiary/aromatic N) is 1. The van der Waals surface area contributed by atoms with Crippen LogP contribution in [0.1, 0.15) is 20.8 Å². The largest absolute Gasteiger partial charge is 0.352 e. The molecular formula is C18H15FN2O2. The van der Waals surface area contributed by atoms with Gasteiger partial charge in [0.2, 0.25) is 0 Å². The first kappa shape index (κ1) is 15.0. The SMILES string of the molecule is CN(C)C(=O)c1c(C=O)[nH]c2cc(-c3ccc(F)cc3)ccc12. The van der Waals surface area contributed by atoms with Crippen LogP contribution in [0.25, 0.3) is 22.0 Å². The monoisotopic (exact) mass is 310 g/mol. The summed E-state index contributed by atoms with van der Waals surface area (Å²) in [5.41, 5.74) is 3.05. The van der Waals surface area contributed by atoms with Gasteiger partial charge in [-0.15, -0.1) is 0 Å². The first-order chi connectivity index (χ1) is 11.0. The van der Waals surface area contributed by atoms with Crippen LogP contribution in [0.4, 0.5) is 4.39 Å². The normalized spacial score (nSPS) is 10.7. The van der Waals surface area contributed by atoms with Crippen molar-refractivity contribution in [2.24, 2.45) is 0 Å². The second kappa shape index (κ2) is 5.68. The van der Waals surface area contributed by atoms with E-state index in [1.54, 1.807) is 32.3 Å². The zero-order valence-corrected chi connectivity index (χ0v) is 12.8. The number of hydrogen-bond acceptors (Lipinski definition) is 2. The van der Waals surface area contributed by atoms with Gasteiger partial charge in [-0.05, 0) is 29.3 Å². The fourth-order valence-corrected chi connectivity index (χ4v) is 2.58. The molecule has 1 aromatic heterocycles. The van der Waals surface area contributed by atoms with Gasteiger partial charge in [0.05, 0.1) is 11.3 Å². The Hall–Kier alpha value is -2.95. The third-order valence-corrected chi connectivity index (χ3v) is 3.74. The van der Waals surface area contributed by atoms with Crippen LogP contribution in [-0.2, 0) is 0 Å². The van der Waals surface area contributed by atoms with Crippen LogP contribution in [0.2, 0.25) is 0 Å². The lowest BCUT2D eigenvalue weighted by Gasteiger charge is -2.10. The number of amides is 1. The topological polar surface area (TPSA) is 53.2 Å². The van der Waals surface area contributed by atoms with Crippen LogP contribution < -0.4 is 0 Å². The number of aromatic nitrogens is 1. The second-order valence-electron chi connectivity index (χ2n) is 5.50. The smallest absolute Gasteiger partial charge is 0.256 e. The average Bonchev–Trinajstić information content (AvgIpc) is 2.92. The number of aldehydes is 1. The van der Waals surface area contributed by atoms with Crippen molar-refractivity contribution in [3.63, 3.8) is 0 Å². The van der Waals surface area contributed by atoms with Crippen LogP contribution >= 0.6 is 0 Å². The van der Waals surface area contributed by atoms with E-state index in [2.05, 4.69) is 4.98 Å². The fourth-order valence-electron chi connectivity index (χ4n) is 2.58. The Morgan fingerprint density at radius 2 is 1.74 bits per heavy atom. The van der Waals surface area contributed by atoms with Gasteiger partial charge in [0, 0.05) is 25.0 Å². The van der Waals surface area contributed by atoms with Crippen LogP contribution in [0.3, 0.4) is 0 Å². The highest BCUT2D eigenvalue weighted by Crippen LogP contribution is 2.28. The molecule has 0 aliphatic heterocycles. The van der Waals surface area contributed by atoms with Crippen LogP contribution in [0.15, 0.2) is 42.5 Å². The van der Waals surface area contributed by atoms with Crippen molar-refractivity contribution in [3.8, 4) is 11.1 Å². The summed E-state index contributed by atoms with van der Waals surface area (Å²) in [6.07, 6.45) is 0.647. The molecule has 23 heavy (non-hydrogen) atoms. The lowest BCUT2D eigenvalue weighted by Crippen LogP contribution is -2.22. The van der Waals surface area contributed by atoms with Crippen LogP contribution in [0.5, 0.6) is 0 Å². The Kier molecular flexibility index (Phi) is 3.70. The Balaban J connectivity index is 2.16. The van der Waals surface area contributed by atoms with E-state index in [1.807, 2.05) is 12.1 Å². The van der Waals surface area contributed by atoms with Crippen molar-refractivity contribution < 1.29 is 14.0 Å². The van der Waals surface area contributed by atoms with Crippen molar-refractivity contribution in [3.05, 3.63) is 59.5 Å². The molecule has 2 aromatic carbocycles. The third-order valence-electron chi connectivity index (χ3n) is 3.74. The van der Waals surface area contributed by atoms with Gasteiger partial charge in [-0.1, -0.05) is 24.3 Å². The van der Waals surface area contributed by atoms with Crippen molar-refractivity contribution >= 4 is 23.1 Å². The predicted molar refractivity (Wildman–Crippen MR) is 87.1 cm³/mol. The number of benzene rings is 2. The molecule has 5 heteroatoms. The maximum absolute atomic E-state index is 13.0. The summed E-state index contributed by atoms with van der Waals surface area (Å²) in [7, 11) is 3.28. The molecule has 0 aliphatic rings. The van der Waals surface area contributed by atoms with E-state index in [0.717, 1.165) is 11.1 Å². The molecule has 4 nitrogen and oxygen atoms in total. The second-order valence-corrected chi connectivity index (χ2v) is 5.50. The van der Waals surface area contributed by atoms with Gasteiger partial charge in [-0.2, -0.15) is 0 Å². The van der Waals surface area contributed by atoms with E-state index >= 15 is 0 Å². The molecule has 1 heterocycles. The molecule has 116 valence electrons. The maximum Gasteiger partial charge on any atom is 0.256 e. The van der Waals surface area contributed by atoms with Gasteiger partial charge >= 0.3 is 0 Å². The molecule has 0 saturated heterocycles. The van der Waals surface area contributed by atoms with E-state index in [9.17, 15) is 14.0 Å². The van der Waals surface area contributed by atoms with E-state index in [1.165, 1.54) is 17.0 Å². The number of H-pyrrole nitrogens is 1. The predicted octanol–water partition coefficient (Wildman–Crippen LogP) is 3.49. The van der Waals surface area contributed by atoms with Crippen LogP contribution in [0, 0.1) is 5.82 Å². The number of fused-ring (bicyclic) bond motifs is 1. The number of carbonyl (C=O) groups excluding carboxylic acids is 2. The summed E-state index contributed by atoms with van der Waals surface area (Å²) < 4.78 is 13.0. The van der Waals surface area contributed by atoms with Crippen LogP contribution in [-0.4, -0.2) is 36.2 Å². The minimum absolute atomic E-state index is 0.229. The number of halogens is 1. The summed E-state index contributed by atoms with van der Waals surface area (Å²) in [6, 6.07) is 11.7. The summed E-state index contributed by atoms with van der Waals surface area (Å²) in [5.74, 6) is -0.523. The van der Waals surface area contributed by atoms with E-state index in [4.69, 9.17) is 0 Å². The quantitative estimate of drug-likeness (QED) is 0.753. The molecule has 3 aromatic rings. The Morgan fingerprint density at radius 1 is 1.09 bits per heavy atom. The Labute approximate surface area is 132 Å². The molecule has 0 saturated carbocycles. The van der Waals surface area contributed by atoms with Crippen molar-refractivity contribution in [1.82, 2.24) is 9.88 Å². The molecule has 0 unspecified atom stereocenters. The van der Waals surface area contributed by atoms with E-state index in [-0.39, 0.29) is 17.4 Å². The average molecular weight is 310 g/mol. The fraction of sp³-hybridized carbons (Fsp3) is 0.111. The summed E-state index contributed by atoms with van der Waals surface area (Å²) in [5, 5.41) is 0.691. The highest BCUT2D eigenvalue weighted by Gasteiger charge is 2.19. The summed E-state index contributed by atoms with van der Waals surface area (Å²) in [4.78, 5) is 28.0. The molecule has 0 bridgehead atoms. The third kappa shape index (κ3) is 2.61. The number of carbonyl (C=O) groups is 2. The highest BCUT2D eigenvalue weighted by atomic mass is 19.1. The van der Waals surface area contributed by atoms with E-state index in [0.29, 0.717) is 22.8 Å². The number of hydrogen-bond donors (Lipinski definition) is 1. The summed E-state index contributed by atoms with van der Waals surface area (Å²) >= 11 is 0. The molecule has 3 rings (SSSR count). The lowest BCUT2D eigenvalue weighted by atomic mass is 10.0. The molecular weight excluding hydrogens is 295 g/mol. The van der Waals surface area contributed by atoms with Crippen molar-refractivity contribution in [1.29, 1.82) is 0 Å². The zero-order chi connectivity index (χ0) is 16.6. The van der Waals surface area contributed by atoms with E-state index < -0.39 is 0 Å². The first-order valence-corrected chi connectivity index (χ1v) is 7.09. The highest BCUT2D eigenvalue weighted by molar-refractivity contribution is 6.12. The van der Waals surface area contributed by atoms with Crippen molar-refractivity contribution in [2.75, 3.05) is 14.1 Å². The molecule has 0 atom stereocenters. The van der Waals surface area contributed by atoms with Crippen molar-refractivity contribution in [2.45, 2.75) is 0 Å². The van der Waals surface area contributed by atoms with Gasteiger partial charge in [0.25, 0.3) is 5.91 Å². The summed E-state index contributed by atoms with van der Waals surface area (Å²) in [6.45, 7) is 0. The van der Waals surface area contributed by atoms with Gasteiger partial charge in [0.1, 0.15) is 5.82 Å². The number of rotatable bonds is 3. The Bertz CT molecular complexity index is 895. The molecule has 1 N–H and O–H groups in total. The molecule has 0 aliphatic carbocycles. The number of aromatic amines is 1. The Morgan fingerprint density at radius 3 is 2.35 bits per heavy atom. The minimum Gasteiger partial charge on any atom is -0.352 e. The van der Waals surface area contributed by atoms with Gasteiger partial charge in [-0.25, -0.2) is 4.39 Å². The number of nitrogens with one attached hydrogen (secondary N) is 1. The molecule has 0 spiro atoms.